The second-order valence-corrected chi connectivity index (χ2v) is 8.78. The molecule has 0 aliphatic heterocycles. The van der Waals surface area contributed by atoms with Gasteiger partial charge in [-0.1, -0.05) is 77.0 Å². The highest BCUT2D eigenvalue weighted by Gasteiger charge is 2.15. The van der Waals surface area contributed by atoms with Gasteiger partial charge in [0.1, 0.15) is 0 Å². The summed E-state index contributed by atoms with van der Waals surface area (Å²) in [5.74, 6) is 1.30. The molecule has 1 aromatic rings. The summed E-state index contributed by atoms with van der Waals surface area (Å²) in [5, 5.41) is 0. The first-order valence-electron chi connectivity index (χ1n) is 9.31. The fourth-order valence-electron chi connectivity index (χ4n) is 2.79. The Morgan fingerprint density at radius 1 is 0.917 bits per heavy atom. The van der Waals surface area contributed by atoms with E-state index < -0.39 is 10.1 Å². The lowest BCUT2D eigenvalue weighted by molar-refractivity contribution is 0.278. The number of unbranched alkanes of at least 4 members (excludes halogenated alkanes) is 1. The summed E-state index contributed by atoms with van der Waals surface area (Å²) in [7, 11) is -3.62. The lowest BCUT2D eigenvalue weighted by Gasteiger charge is -2.14. The fraction of sp³-hybridized carbons (Fsp3) is 0.700. The van der Waals surface area contributed by atoms with Gasteiger partial charge in [-0.15, -0.1) is 0 Å². The number of benzene rings is 1. The normalized spacial score (nSPS) is 14.5. The van der Waals surface area contributed by atoms with Gasteiger partial charge >= 0.3 is 0 Å². The first-order chi connectivity index (χ1) is 11.3. The third-order valence-corrected chi connectivity index (χ3v) is 5.93. The van der Waals surface area contributed by atoms with E-state index in [4.69, 9.17) is 4.18 Å². The van der Waals surface area contributed by atoms with Crippen LogP contribution in [0.3, 0.4) is 0 Å². The SMILES string of the molecule is CCCC[C@H](C)CCC[C@@H](C)CCOS(=O)(=O)c1ccc(C)cc1. The Hall–Kier alpha value is -0.870. The summed E-state index contributed by atoms with van der Waals surface area (Å²) >= 11 is 0. The summed E-state index contributed by atoms with van der Waals surface area (Å²) < 4.78 is 29.4. The molecule has 24 heavy (non-hydrogen) atoms. The van der Waals surface area contributed by atoms with Crippen LogP contribution in [-0.2, 0) is 14.3 Å². The molecule has 0 saturated carbocycles. The van der Waals surface area contributed by atoms with E-state index >= 15 is 0 Å². The highest BCUT2D eigenvalue weighted by atomic mass is 32.2. The molecule has 1 aromatic carbocycles. The molecule has 0 aliphatic rings. The predicted molar refractivity (Wildman–Crippen MR) is 101 cm³/mol. The van der Waals surface area contributed by atoms with E-state index in [2.05, 4.69) is 20.8 Å². The quantitative estimate of drug-likeness (QED) is 0.451. The zero-order valence-corrected chi connectivity index (χ0v) is 16.6. The zero-order chi connectivity index (χ0) is 18.0. The second kappa shape index (κ2) is 10.9. The van der Waals surface area contributed by atoms with Crippen LogP contribution in [0.4, 0.5) is 0 Å². The van der Waals surface area contributed by atoms with E-state index in [1.54, 1.807) is 24.3 Å². The molecule has 0 bridgehead atoms. The van der Waals surface area contributed by atoms with E-state index in [-0.39, 0.29) is 11.5 Å². The fourth-order valence-corrected chi connectivity index (χ4v) is 3.71. The number of hydrogen-bond acceptors (Lipinski definition) is 3. The minimum absolute atomic E-state index is 0.241. The molecule has 4 heteroatoms. The van der Waals surface area contributed by atoms with Crippen molar-refractivity contribution in [2.75, 3.05) is 6.61 Å². The molecule has 2 atom stereocenters. The van der Waals surface area contributed by atoms with Crippen LogP contribution in [0.1, 0.15) is 71.3 Å². The molecule has 0 N–H and O–H groups in total. The smallest absolute Gasteiger partial charge is 0.266 e. The van der Waals surface area contributed by atoms with E-state index in [1.807, 2.05) is 6.92 Å². The summed E-state index contributed by atoms with van der Waals surface area (Å²) in [6.07, 6.45) is 8.33. The molecule has 138 valence electrons. The van der Waals surface area contributed by atoms with Crippen LogP contribution in [0, 0.1) is 18.8 Å². The first kappa shape index (κ1) is 21.2. The summed E-state index contributed by atoms with van der Waals surface area (Å²) in [6.45, 7) is 8.94. The molecule has 0 heterocycles. The lowest BCUT2D eigenvalue weighted by Crippen LogP contribution is -2.10. The maximum Gasteiger partial charge on any atom is 0.296 e. The molecular weight excluding hydrogens is 320 g/mol. The van der Waals surface area contributed by atoms with Gasteiger partial charge in [-0.25, -0.2) is 0 Å². The average Bonchev–Trinajstić information content (AvgIpc) is 2.53. The lowest BCUT2D eigenvalue weighted by atomic mass is 9.94. The van der Waals surface area contributed by atoms with Crippen molar-refractivity contribution in [3.8, 4) is 0 Å². The summed E-state index contributed by atoms with van der Waals surface area (Å²) in [6, 6.07) is 6.79. The van der Waals surface area contributed by atoms with Crippen molar-refractivity contribution >= 4 is 10.1 Å². The van der Waals surface area contributed by atoms with Crippen molar-refractivity contribution in [2.24, 2.45) is 11.8 Å². The van der Waals surface area contributed by atoms with Gasteiger partial charge in [0.05, 0.1) is 11.5 Å². The van der Waals surface area contributed by atoms with Crippen LogP contribution in [0.15, 0.2) is 29.2 Å². The number of hydrogen-bond donors (Lipinski definition) is 0. The standard InChI is InChI=1S/C20H34O3S/c1-5-6-8-17(2)9-7-10-18(3)15-16-23-24(21,22)20-13-11-19(4)12-14-20/h11-14,17-18H,5-10,15-16H2,1-4H3/t17-,18+/m0/s1. The largest absolute Gasteiger partial charge is 0.296 e. The number of aryl methyl sites for hydroxylation is 1. The Kier molecular flexibility index (Phi) is 9.60. The van der Waals surface area contributed by atoms with E-state index in [0.717, 1.165) is 24.3 Å². The maximum absolute atomic E-state index is 12.1. The molecule has 0 unspecified atom stereocenters. The van der Waals surface area contributed by atoms with Crippen LogP contribution < -0.4 is 0 Å². The molecule has 0 aliphatic carbocycles. The number of rotatable bonds is 12. The van der Waals surface area contributed by atoms with Crippen molar-refractivity contribution in [2.45, 2.75) is 77.5 Å². The van der Waals surface area contributed by atoms with Crippen molar-refractivity contribution in [3.63, 3.8) is 0 Å². The van der Waals surface area contributed by atoms with Crippen LogP contribution in [0.25, 0.3) is 0 Å². The van der Waals surface area contributed by atoms with Gasteiger partial charge in [-0.05, 0) is 37.3 Å². The highest BCUT2D eigenvalue weighted by molar-refractivity contribution is 7.86. The summed E-state index contributed by atoms with van der Waals surface area (Å²) in [4.78, 5) is 0.241. The van der Waals surface area contributed by atoms with Crippen molar-refractivity contribution in [1.82, 2.24) is 0 Å². The van der Waals surface area contributed by atoms with Gasteiger partial charge in [0, 0.05) is 0 Å². The van der Waals surface area contributed by atoms with E-state index in [1.165, 1.54) is 32.1 Å². The highest BCUT2D eigenvalue weighted by Crippen LogP contribution is 2.20. The molecule has 3 nitrogen and oxygen atoms in total. The van der Waals surface area contributed by atoms with Gasteiger partial charge in [0.15, 0.2) is 0 Å². The van der Waals surface area contributed by atoms with Gasteiger partial charge < -0.3 is 0 Å². The van der Waals surface area contributed by atoms with E-state index in [0.29, 0.717) is 5.92 Å². The molecule has 0 amide bonds. The first-order valence-corrected chi connectivity index (χ1v) is 10.7. The zero-order valence-electron chi connectivity index (χ0n) is 15.8. The van der Waals surface area contributed by atoms with Crippen molar-refractivity contribution in [3.05, 3.63) is 29.8 Å². The maximum atomic E-state index is 12.1. The Morgan fingerprint density at radius 3 is 2.04 bits per heavy atom. The average molecular weight is 355 g/mol. The van der Waals surface area contributed by atoms with Crippen LogP contribution >= 0.6 is 0 Å². The molecule has 0 spiro atoms. The van der Waals surface area contributed by atoms with Gasteiger partial charge in [0.25, 0.3) is 10.1 Å². The Labute approximate surface area is 148 Å². The Balaban J connectivity index is 2.25. The molecule has 0 aromatic heterocycles. The predicted octanol–water partition coefficient (Wildman–Crippen LogP) is 5.72. The monoisotopic (exact) mass is 354 g/mol. The minimum Gasteiger partial charge on any atom is -0.266 e. The Morgan fingerprint density at radius 2 is 1.46 bits per heavy atom. The van der Waals surface area contributed by atoms with Gasteiger partial charge in [-0.3, -0.25) is 4.18 Å². The molecular formula is C20H34O3S. The summed E-state index contributed by atoms with van der Waals surface area (Å²) in [5.41, 5.74) is 1.04. The van der Waals surface area contributed by atoms with Gasteiger partial charge in [-0.2, -0.15) is 8.42 Å². The van der Waals surface area contributed by atoms with Crippen LogP contribution in [0.5, 0.6) is 0 Å². The second-order valence-electron chi connectivity index (χ2n) is 7.16. The third-order valence-electron chi connectivity index (χ3n) is 4.60. The van der Waals surface area contributed by atoms with Crippen molar-refractivity contribution < 1.29 is 12.6 Å². The molecule has 0 fully saturated rings. The van der Waals surface area contributed by atoms with Crippen molar-refractivity contribution in [1.29, 1.82) is 0 Å². The van der Waals surface area contributed by atoms with Crippen LogP contribution in [0.2, 0.25) is 0 Å². The minimum atomic E-state index is -3.62. The molecule has 0 saturated heterocycles. The topological polar surface area (TPSA) is 43.4 Å². The van der Waals surface area contributed by atoms with Crippen LogP contribution in [-0.4, -0.2) is 15.0 Å². The Bertz CT molecular complexity index is 549. The third kappa shape index (κ3) is 8.29. The van der Waals surface area contributed by atoms with E-state index in [9.17, 15) is 8.42 Å². The van der Waals surface area contributed by atoms with Gasteiger partial charge in [0.2, 0.25) is 0 Å². The molecule has 1 rings (SSSR count). The molecule has 0 radical (unpaired) electrons.